The van der Waals surface area contributed by atoms with E-state index in [-0.39, 0.29) is 24.0 Å². The number of rotatable bonds is 6. The number of aliphatic imine (C=N–C) groups is 1. The molecular formula is C16H23IN4O. The van der Waals surface area contributed by atoms with Crippen LogP contribution < -0.4 is 15.4 Å². The number of ether oxygens (including phenoxy) is 1. The Hall–Kier alpha value is -1.70. The van der Waals surface area contributed by atoms with Gasteiger partial charge in [0.05, 0.1) is 7.11 Å². The Bertz CT molecular complexity index is 552. The molecule has 5 nitrogen and oxygen atoms in total. The zero-order chi connectivity index (χ0) is 14.9. The number of aromatic nitrogens is 1. The molecule has 0 unspecified atom stereocenters. The predicted octanol–water partition coefficient (Wildman–Crippen LogP) is 2.48. The van der Waals surface area contributed by atoms with Crippen LogP contribution in [0.2, 0.25) is 0 Å². The molecule has 0 fully saturated rings. The van der Waals surface area contributed by atoms with Crippen molar-refractivity contribution >= 4 is 29.9 Å². The molecule has 1 aromatic heterocycles. The Balaban J connectivity index is 0.00000242. The topological polar surface area (TPSA) is 50.6 Å². The third kappa shape index (κ3) is 5.97. The molecule has 2 rings (SSSR count). The standard InChI is InChI=1S/C16H22N4O.HI/c1-17-16(18-9-12-20-10-3-4-11-20)19-13-14-5-7-15(21-2)8-6-14;/h3-8,10-11H,9,12-13H2,1-2H3,(H2,17,18,19);1H. The molecule has 6 heteroatoms. The maximum absolute atomic E-state index is 5.15. The smallest absolute Gasteiger partial charge is 0.191 e. The van der Waals surface area contributed by atoms with Gasteiger partial charge in [-0.1, -0.05) is 12.1 Å². The van der Waals surface area contributed by atoms with Gasteiger partial charge in [-0.25, -0.2) is 0 Å². The number of guanidine groups is 1. The molecule has 120 valence electrons. The molecule has 1 aromatic carbocycles. The minimum absolute atomic E-state index is 0. The Kier molecular flexibility index (Phi) is 8.42. The van der Waals surface area contributed by atoms with Crippen molar-refractivity contribution in [1.29, 1.82) is 0 Å². The summed E-state index contributed by atoms with van der Waals surface area (Å²) >= 11 is 0. The molecule has 0 saturated carbocycles. The van der Waals surface area contributed by atoms with Crippen LogP contribution in [0.15, 0.2) is 53.8 Å². The van der Waals surface area contributed by atoms with Crippen molar-refractivity contribution in [3.8, 4) is 5.75 Å². The predicted molar refractivity (Wildman–Crippen MR) is 101 cm³/mol. The van der Waals surface area contributed by atoms with Gasteiger partial charge in [0.25, 0.3) is 0 Å². The normalized spacial score (nSPS) is 10.7. The van der Waals surface area contributed by atoms with Crippen LogP contribution in [0.25, 0.3) is 0 Å². The molecule has 0 aliphatic heterocycles. The zero-order valence-electron chi connectivity index (χ0n) is 13.0. The number of benzene rings is 1. The summed E-state index contributed by atoms with van der Waals surface area (Å²) in [4.78, 5) is 4.22. The molecule has 0 amide bonds. The first-order chi connectivity index (χ1) is 10.3. The second kappa shape index (κ2) is 10.1. The van der Waals surface area contributed by atoms with Crippen molar-refractivity contribution in [2.45, 2.75) is 13.1 Å². The van der Waals surface area contributed by atoms with E-state index in [4.69, 9.17) is 4.74 Å². The first-order valence-electron chi connectivity index (χ1n) is 7.00. The third-order valence-electron chi connectivity index (χ3n) is 3.17. The highest BCUT2D eigenvalue weighted by Crippen LogP contribution is 2.10. The molecule has 2 N–H and O–H groups in total. The van der Waals surface area contributed by atoms with Crippen molar-refractivity contribution in [2.75, 3.05) is 20.7 Å². The highest BCUT2D eigenvalue weighted by molar-refractivity contribution is 14.0. The van der Waals surface area contributed by atoms with E-state index in [0.29, 0.717) is 0 Å². The van der Waals surface area contributed by atoms with Gasteiger partial charge in [0.2, 0.25) is 0 Å². The van der Waals surface area contributed by atoms with Crippen molar-refractivity contribution in [3.05, 3.63) is 54.4 Å². The summed E-state index contributed by atoms with van der Waals surface area (Å²) in [6.45, 7) is 2.47. The maximum Gasteiger partial charge on any atom is 0.191 e. The van der Waals surface area contributed by atoms with Crippen LogP contribution >= 0.6 is 24.0 Å². The number of halogens is 1. The molecule has 1 heterocycles. The number of hydrogen-bond donors (Lipinski definition) is 2. The summed E-state index contributed by atoms with van der Waals surface area (Å²) in [7, 11) is 3.45. The minimum atomic E-state index is 0. The molecule has 0 bridgehead atoms. The lowest BCUT2D eigenvalue weighted by Crippen LogP contribution is -2.38. The zero-order valence-corrected chi connectivity index (χ0v) is 15.3. The van der Waals surface area contributed by atoms with Gasteiger partial charge < -0.3 is 19.9 Å². The Morgan fingerprint density at radius 2 is 1.82 bits per heavy atom. The van der Waals surface area contributed by atoms with E-state index in [1.54, 1.807) is 14.2 Å². The van der Waals surface area contributed by atoms with E-state index in [2.05, 4.69) is 32.6 Å². The van der Waals surface area contributed by atoms with Crippen molar-refractivity contribution < 1.29 is 4.74 Å². The fourth-order valence-electron chi connectivity index (χ4n) is 1.97. The molecule has 0 atom stereocenters. The first kappa shape index (κ1) is 18.3. The van der Waals surface area contributed by atoms with Crippen LogP contribution in [0.4, 0.5) is 0 Å². The Morgan fingerprint density at radius 1 is 1.14 bits per heavy atom. The van der Waals surface area contributed by atoms with Gasteiger partial charge >= 0.3 is 0 Å². The van der Waals surface area contributed by atoms with Crippen LogP contribution in [0.1, 0.15) is 5.56 Å². The highest BCUT2D eigenvalue weighted by Gasteiger charge is 1.99. The van der Waals surface area contributed by atoms with Gasteiger partial charge in [-0.15, -0.1) is 24.0 Å². The molecule has 0 aliphatic carbocycles. The van der Waals surface area contributed by atoms with Crippen molar-refractivity contribution in [1.82, 2.24) is 15.2 Å². The van der Waals surface area contributed by atoms with Gasteiger partial charge in [0.15, 0.2) is 5.96 Å². The van der Waals surface area contributed by atoms with Gasteiger partial charge in [0.1, 0.15) is 5.75 Å². The summed E-state index contributed by atoms with van der Waals surface area (Å²) in [6.07, 6.45) is 4.10. The van der Waals surface area contributed by atoms with E-state index in [0.717, 1.165) is 31.3 Å². The average molecular weight is 414 g/mol. The largest absolute Gasteiger partial charge is 0.497 e. The van der Waals surface area contributed by atoms with Gasteiger partial charge in [-0.05, 0) is 29.8 Å². The number of hydrogen-bond acceptors (Lipinski definition) is 2. The number of methoxy groups -OCH3 is 1. The molecule has 22 heavy (non-hydrogen) atoms. The summed E-state index contributed by atoms with van der Waals surface area (Å²) in [5.41, 5.74) is 1.18. The maximum atomic E-state index is 5.15. The van der Waals surface area contributed by atoms with Gasteiger partial charge in [-0.3, -0.25) is 4.99 Å². The van der Waals surface area contributed by atoms with E-state index in [9.17, 15) is 0 Å². The average Bonchev–Trinajstić information content (AvgIpc) is 3.04. The third-order valence-corrected chi connectivity index (χ3v) is 3.17. The van der Waals surface area contributed by atoms with Crippen molar-refractivity contribution in [2.24, 2.45) is 4.99 Å². The van der Waals surface area contributed by atoms with Gasteiger partial charge in [0, 0.05) is 39.1 Å². The van der Waals surface area contributed by atoms with E-state index < -0.39 is 0 Å². The molecule has 0 saturated heterocycles. The number of nitrogens with zero attached hydrogens (tertiary/aromatic N) is 2. The molecule has 2 aromatic rings. The minimum Gasteiger partial charge on any atom is -0.497 e. The van der Waals surface area contributed by atoms with Crippen LogP contribution in [-0.4, -0.2) is 31.2 Å². The molecule has 0 spiro atoms. The lowest BCUT2D eigenvalue weighted by atomic mass is 10.2. The number of nitrogens with one attached hydrogen (secondary N) is 2. The van der Waals surface area contributed by atoms with E-state index >= 15 is 0 Å². The summed E-state index contributed by atoms with van der Waals surface area (Å²) in [6, 6.07) is 12.0. The fraction of sp³-hybridized carbons (Fsp3) is 0.312. The summed E-state index contributed by atoms with van der Waals surface area (Å²) in [5.74, 6) is 1.67. The monoisotopic (exact) mass is 414 g/mol. The van der Waals surface area contributed by atoms with Crippen LogP contribution in [0.5, 0.6) is 5.75 Å². The van der Waals surface area contributed by atoms with Gasteiger partial charge in [-0.2, -0.15) is 0 Å². The Labute approximate surface area is 148 Å². The van der Waals surface area contributed by atoms with E-state index in [1.807, 2.05) is 36.4 Å². The lowest BCUT2D eigenvalue weighted by molar-refractivity contribution is 0.414. The molecule has 0 aliphatic rings. The second-order valence-corrected chi connectivity index (χ2v) is 4.62. The fourth-order valence-corrected chi connectivity index (χ4v) is 1.97. The van der Waals surface area contributed by atoms with Crippen molar-refractivity contribution in [3.63, 3.8) is 0 Å². The van der Waals surface area contributed by atoms with Crippen LogP contribution in [0, 0.1) is 0 Å². The molecular weight excluding hydrogens is 391 g/mol. The SMILES string of the molecule is CN=C(NCCn1cccc1)NCc1ccc(OC)cc1.I. The summed E-state index contributed by atoms with van der Waals surface area (Å²) < 4.78 is 7.27. The molecule has 0 radical (unpaired) electrons. The Morgan fingerprint density at radius 3 is 2.41 bits per heavy atom. The quantitative estimate of drug-likeness (QED) is 0.434. The van der Waals surface area contributed by atoms with Crippen LogP contribution in [-0.2, 0) is 13.1 Å². The summed E-state index contributed by atoms with van der Waals surface area (Å²) in [5, 5.41) is 6.59. The lowest BCUT2D eigenvalue weighted by Gasteiger charge is -2.12. The first-order valence-corrected chi connectivity index (χ1v) is 7.00. The highest BCUT2D eigenvalue weighted by atomic mass is 127. The van der Waals surface area contributed by atoms with E-state index in [1.165, 1.54) is 5.56 Å². The second-order valence-electron chi connectivity index (χ2n) is 4.62. The van der Waals surface area contributed by atoms with Crippen LogP contribution in [0.3, 0.4) is 0 Å².